The Morgan fingerprint density at radius 3 is 1.62 bits per heavy atom. The molecule has 4 nitrogen and oxygen atoms in total. The van der Waals surface area contributed by atoms with Crippen LogP contribution in [0.1, 0.15) is 22.3 Å². The topological polar surface area (TPSA) is 52.6 Å². The minimum Gasteiger partial charge on any atom is -0.423 e. The van der Waals surface area contributed by atoms with Gasteiger partial charge in [-0.05, 0) is 34.9 Å². The van der Waals surface area contributed by atoms with Crippen molar-refractivity contribution in [2.24, 2.45) is 0 Å². The molecule has 0 fully saturated rings. The highest BCUT2D eigenvalue weighted by molar-refractivity contribution is 5.85. The zero-order chi connectivity index (χ0) is 22.8. The normalized spacial score (nSPS) is 10.8. The molecule has 0 amide bonds. The Bertz CT molecular complexity index is 1170. The maximum Gasteiger partial charge on any atom is 0.335 e. The van der Waals surface area contributed by atoms with Gasteiger partial charge in [-0.15, -0.1) is 0 Å². The van der Waals surface area contributed by atoms with E-state index in [4.69, 9.17) is 9.47 Å². The van der Waals surface area contributed by atoms with E-state index in [9.17, 15) is 9.59 Å². The predicted octanol–water partition coefficient (Wildman–Crippen LogP) is 6.21. The van der Waals surface area contributed by atoms with Crippen LogP contribution in [0.5, 0.6) is 11.5 Å². The van der Waals surface area contributed by atoms with Crippen molar-refractivity contribution in [2.75, 3.05) is 0 Å². The van der Waals surface area contributed by atoms with Crippen LogP contribution < -0.4 is 9.47 Å². The van der Waals surface area contributed by atoms with Crippen LogP contribution in [0.15, 0.2) is 98.1 Å². The van der Waals surface area contributed by atoms with E-state index in [1.807, 2.05) is 78.9 Å². The van der Waals surface area contributed by atoms with Crippen LogP contribution in [0.25, 0.3) is 24.3 Å². The van der Waals surface area contributed by atoms with E-state index in [1.165, 1.54) is 0 Å². The fourth-order valence-corrected chi connectivity index (χ4v) is 2.76. The second-order valence-corrected chi connectivity index (χ2v) is 6.69. The molecule has 0 heterocycles. The van der Waals surface area contributed by atoms with Gasteiger partial charge in [0.1, 0.15) is 11.5 Å². The molecular weight excluding hydrogens is 400 g/mol. The van der Waals surface area contributed by atoms with Crippen molar-refractivity contribution in [3.63, 3.8) is 0 Å². The van der Waals surface area contributed by atoms with E-state index >= 15 is 0 Å². The molecule has 0 saturated heterocycles. The lowest BCUT2D eigenvalue weighted by atomic mass is 10.1. The van der Waals surface area contributed by atoms with Crippen LogP contribution in [-0.4, -0.2) is 11.9 Å². The predicted molar refractivity (Wildman–Crippen MR) is 129 cm³/mol. The maximum atomic E-state index is 11.5. The SMILES string of the molecule is C=CC(=O)Oc1ccc(/C=C/c2ccc(/C=C/c3ccccc3OC(=O)C=C)cc2)cc1. The Balaban J connectivity index is 1.64. The Hall–Kier alpha value is -4.44. The molecule has 0 aliphatic carbocycles. The van der Waals surface area contributed by atoms with Crippen molar-refractivity contribution in [3.8, 4) is 11.5 Å². The Kier molecular flexibility index (Phi) is 7.71. The Morgan fingerprint density at radius 1 is 0.594 bits per heavy atom. The third-order valence-corrected chi connectivity index (χ3v) is 4.42. The fraction of sp³-hybridized carbons (Fsp3) is 0. The molecular formula is C28H22O4. The van der Waals surface area contributed by atoms with Crippen molar-refractivity contribution >= 4 is 36.2 Å². The number of carbonyl (C=O) groups excluding carboxylic acids is 2. The first-order chi connectivity index (χ1) is 15.6. The van der Waals surface area contributed by atoms with E-state index in [2.05, 4.69) is 13.2 Å². The average molecular weight is 422 g/mol. The summed E-state index contributed by atoms with van der Waals surface area (Å²) in [6.45, 7) is 6.80. The van der Waals surface area contributed by atoms with E-state index in [0.29, 0.717) is 11.5 Å². The molecule has 32 heavy (non-hydrogen) atoms. The molecule has 0 radical (unpaired) electrons. The lowest BCUT2D eigenvalue weighted by molar-refractivity contribution is -0.129. The van der Waals surface area contributed by atoms with Crippen LogP contribution >= 0.6 is 0 Å². The molecule has 0 unspecified atom stereocenters. The summed E-state index contributed by atoms with van der Waals surface area (Å²) < 4.78 is 10.3. The molecule has 0 N–H and O–H groups in total. The zero-order valence-corrected chi connectivity index (χ0v) is 17.4. The number of benzene rings is 3. The highest BCUT2D eigenvalue weighted by atomic mass is 16.5. The first kappa shape index (κ1) is 22.2. The van der Waals surface area contributed by atoms with Gasteiger partial charge in [-0.3, -0.25) is 0 Å². The van der Waals surface area contributed by atoms with E-state index in [0.717, 1.165) is 34.4 Å². The minimum absolute atomic E-state index is 0.476. The molecule has 0 saturated carbocycles. The molecule has 0 aliphatic heterocycles. The van der Waals surface area contributed by atoms with E-state index < -0.39 is 11.9 Å². The Morgan fingerprint density at radius 2 is 1.06 bits per heavy atom. The monoisotopic (exact) mass is 422 g/mol. The van der Waals surface area contributed by atoms with Crippen LogP contribution in [0.2, 0.25) is 0 Å². The summed E-state index contributed by atoms with van der Waals surface area (Å²) in [7, 11) is 0. The zero-order valence-electron chi connectivity index (χ0n) is 17.4. The summed E-state index contributed by atoms with van der Waals surface area (Å²) >= 11 is 0. The molecule has 3 aromatic rings. The summed E-state index contributed by atoms with van der Waals surface area (Å²) in [6, 6.07) is 22.6. The number of carbonyl (C=O) groups is 2. The number of ether oxygens (including phenoxy) is 2. The highest BCUT2D eigenvalue weighted by Crippen LogP contribution is 2.21. The van der Waals surface area contributed by atoms with Crippen LogP contribution in [0, 0.1) is 0 Å². The third kappa shape index (κ3) is 6.54. The van der Waals surface area contributed by atoms with Gasteiger partial charge in [-0.1, -0.05) is 92.1 Å². The van der Waals surface area contributed by atoms with Crippen molar-refractivity contribution in [3.05, 3.63) is 120 Å². The molecule has 0 aromatic heterocycles. The van der Waals surface area contributed by atoms with Crippen LogP contribution in [0.4, 0.5) is 0 Å². The van der Waals surface area contributed by atoms with E-state index in [1.54, 1.807) is 18.2 Å². The molecule has 0 bridgehead atoms. The summed E-state index contributed by atoms with van der Waals surface area (Å²) in [5.41, 5.74) is 3.84. The third-order valence-electron chi connectivity index (χ3n) is 4.42. The lowest BCUT2D eigenvalue weighted by Gasteiger charge is -2.05. The lowest BCUT2D eigenvalue weighted by Crippen LogP contribution is -2.03. The quantitative estimate of drug-likeness (QED) is 0.187. The average Bonchev–Trinajstić information content (AvgIpc) is 2.83. The van der Waals surface area contributed by atoms with Gasteiger partial charge in [0, 0.05) is 17.7 Å². The highest BCUT2D eigenvalue weighted by Gasteiger charge is 2.03. The maximum absolute atomic E-state index is 11.5. The van der Waals surface area contributed by atoms with Gasteiger partial charge < -0.3 is 9.47 Å². The molecule has 0 atom stereocenters. The number of esters is 2. The largest absolute Gasteiger partial charge is 0.423 e. The molecule has 3 rings (SSSR count). The van der Waals surface area contributed by atoms with Gasteiger partial charge in [0.15, 0.2) is 0 Å². The van der Waals surface area contributed by atoms with Gasteiger partial charge in [0.25, 0.3) is 0 Å². The number of para-hydroxylation sites is 1. The van der Waals surface area contributed by atoms with Gasteiger partial charge in [0.05, 0.1) is 0 Å². The Labute approximate surface area is 187 Å². The van der Waals surface area contributed by atoms with Crippen molar-refractivity contribution < 1.29 is 19.1 Å². The summed E-state index contributed by atoms with van der Waals surface area (Å²) in [5.74, 6) is -0.0133. The number of rotatable bonds is 8. The second-order valence-electron chi connectivity index (χ2n) is 6.69. The standard InChI is InChI=1S/C28H22O4/c1-3-27(29)31-25-19-16-23(17-20-25)14-11-21-9-12-22(13-10-21)15-18-24-7-5-6-8-26(24)32-28(30)4-2/h3-20H,1-2H2/b14-11+,18-15+. The van der Waals surface area contributed by atoms with Gasteiger partial charge in [-0.2, -0.15) is 0 Å². The first-order valence-electron chi connectivity index (χ1n) is 9.91. The molecule has 0 aliphatic rings. The summed E-state index contributed by atoms with van der Waals surface area (Å²) in [6.07, 6.45) is 10.1. The fourth-order valence-electron chi connectivity index (χ4n) is 2.76. The van der Waals surface area contributed by atoms with Crippen LogP contribution in [0.3, 0.4) is 0 Å². The molecule has 158 valence electrons. The second kappa shape index (κ2) is 11.1. The van der Waals surface area contributed by atoms with Gasteiger partial charge >= 0.3 is 11.9 Å². The smallest absolute Gasteiger partial charge is 0.335 e. The summed E-state index contributed by atoms with van der Waals surface area (Å²) in [5, 5.41) is 0. The first-order valence-corrected chi connectivity index (χ1v) is 9.91. The van der Waals surface area contributed by atoms with Gasteiger partial charge in [-0.25, -0.2) is 9.59 Å². The summed E-state index contributed by atoms with van der Waals surface area (Å²) in [4.78, 5) is 22.7. The van der Waals surface area contributed by atoms with Crippen molar-refractivity contribution in [2.45, 2.75) is 0 Å². The van der Waals surface area contributed by atoms with E-state index in [-0.39, 0.29) is 0 Å². The van der Waals surface area contributed by atoms with Crippen LogP contribution in [-0.2, 0) is 9.59 Å². The number of hydrogen-bond acceptors (Lipinski definition) is 4. The van der Waals surface area contributed by atoms with Crippen molar-refractivity contribution in [1.82, 2.24) is 0 Å². The molecule has 4 heteroatoms. The van der Waals surface area contributed by atoms with Crippen molar-refractivity contribution in [1.29, 1.82) is 0 Å². The van der Waals surface area contributed by atoms with Gasteiger partial charge in [0.2, 0.25) is 0 Å². The molecule has 0 spiro atoms. The number of hydrogen-bond donors (Lipinski definition) is 0. The molecule has 3 aromatic carbocycles. The minimum atomic E-state index is -0.491.